The number of aromatic hydroxyl groups is 1. The Hall–Kier alpha value is -2.82. The molecule has 0 amide bonds. The number of aromatic amines is 1. The Morgan fingerprint density at radius 2 is 1.80 bits per heavy atom. The van der Waals surface area contributed by atoms with Crippen molar-refractivity contribution in [2.24, 2.45) is 0 Å². The van der Waals surface area contributed by atoms with Crippen LogP contribution in [-0.4, -0.2) is 15.1 Å². The van der Waals surface area contributed by atoms with Crippen LogP contribution in [0.15, 0.2) is 53.3 Å². The number of hydrogen-bond acceptors (Lipinski definition) is 4. The van der Waals surface area contributed by atoms with Gasteiger partial charge >= 0.3 is 0 Å². The van der Waals surface area contributed by atoms with E-state index in [1.807, 2.05) is 12.1 Å². The number of pyridine rings is 2. The molecule has 0 saturated carbocycles. The third-order valence-corrected chi connectivity index (χ3v) is 2.98. The number of aromatic nitrogens is 2. The first-order valence-corrected chi connectivity index (χ1v) is 6.22. The highest BCUT2D eigenvalue weighted by molar-refractivity contribution is 5.74. The van der Waals surface area contributed by atoms with Crippen LogP contribution in [-0.2, 0) is 6.54 Å². The van der Waals surface area contributed by atoms with Crippen molar-refractivity contribution in [2.75, 3.05) is 5.32 Å². The number of nitrogens with zero attached hydrogens (tertiary/aromatic N) is 1. The van der Waals surface area contributed by atoms with Gasteiger partial charge in [-0.1, -0.05) is 0 Å². The summed E-state index contributed by atoms with van der Waals surface area (Å²) < 4.78 is 0. The number of hydrogen-bond donors (Lipinski definition) is 3. The monoisotopic (exact) mass is 267 g/mol. The predicted octanol–water partition coefficient (Wildman–Crippen LogP) is 2.24. The summed E-state index contributed by atoms with van der Waals surface area (Å²) in [6.07, 6.45) is 0. The molecule has 3 rings (SSSR count). The largest absolute Gasteiger partial charge is 0.508 e. The van der Waals surface area contributed by atoms with E-state index in [4.69, 9.17) is 0 Å². The van der Waals surface area contributed by atoms with Gasteiger partial charge in [0.05, 0.1) is 12.2 Å². The minimum Gasteiger partial charge on any atom is -0.508 e. The highest BCUT2D eigenvalue weighted by Crippen LogP contribution is 2.15. The van der Waals surface area contributed by atoms with Crippen molar-refractivity contribution in [3.8, 4) is 5.75 Å². The molecule has 5 heteroatoms. The fraction of sp³-hybridized carbons (Fsp3) is 0.0667. The summed E-state index contributed by atoms with van der Waals surface area (Å²) in [5.41, 5.74) is 2.15. The molecule has 3 aromatic rings. The Morgan fingerprint density at radius 3 is 2.60 bits per heavy atom. The van der Waals surface area contributed by atoms with E-state index in [-0.39, 0.29) is 11.3 Å². The number of nitrogens with one attached hydrogen (secondary N) is 2. The van der Waals surface area contributed by atoms with Gasteiger partial charge in [0, 0.05) is 17.1 Å². The fourth-order valence-electron chi connectivity index (χ4n) is 1.94. The van der Waals surface area contributed by atoms with Crippen LogP contribution >= 0.6 is 0 Å². The summed E-state index contributed by atoms with van der Waals surface area (Å²) in [6.45, 7) is 0.539. The molecule has 1 aromatic carbocycles. The molecule has 100 valence electrons. The van der Waals surface area contributed by atoms with E-state index in [9.17, 15) is 9.90 Å². The number of H-pyrrole nitrogens is 1. The smallest absolute Gasteiger partial charge is 0.249 e. The van der Waals surface area contributed by atoms with Gasteiger partial charge in [-0.15, -0.1) is 0 Å². The standard InChI is InChI=1S/C15H13N3O2/c19-13-6-4-11(5-7-13)16-9-12-3-1-10-2-8-14(20)18-15(10)17-12/h1-8,16,19H,9H2,(H,17,18,20). The van der Waals surface area contributed by atoms with Gasteiger partial charge in [0.2, 0.25) is 5.56 Å². The molecule has 0 spiro atoms. The molecule has 0 bridgehead atoms. The lowest BCUT2D eigenvalue weighted by atomic mass is 10.2. The minimum atomic E-state index is -0.159. The van der Waals surface area contributed by atoms with Crippen LogP contribution in [0.1, 0.15) is 5.69 Å². The van der Waals surface area contributed by atoms with Gasteiger partial charge in [-0.3, -0.25) is 4.79 Å². The van der Waals surface area contributed by atoms with Crippen molar-refractivity contribution in [1.29, 1.82) is 0 Å². The van der Waals surface area contributed by atoms with E-state index >= 15 is 0 Å². The maximum atomic E-state index is 11.3. The van der Waals surface area contributed by atoms with E-state index in [0.29, 0.717) is 12.2 Å². The van der Waals surface area contributed by atoms with Gasteiger partial charge in [-0.2, -0.15) is 0 Å². The molecule has 0 radical (unpaired) electrons. The number of anilines is 1. The zero-order chi connectivity index (χ0) is 13.9. The summed E-state index contributed by atoms with van der Waals surface area (Å²) in [5, 5.41) is 13.3. The third kappa shape index (κ3) is 2.61. The Bertz CT molecular complexity index is 794. The number of fused-ring (bicyclic) bond motifs is 1. The predicted molar refractivity (Wildman–Crippen MR) is 77.8 cm³/mol. The molecule has 0 atom stereocenters. The zero-order valence-corrected chi connectivity index (χ0v) is 10.6. The highest BCUT2D eigenvalue weighted by atomic mass is 16.3. The van der Waals surface area contributed by atoms with Crippen LogP contribution in [0.25, 0.3) is 11.0 Å². The molecule has 0 aliphatic heterocycles. The van der Waals surface area contributed by atoms with Gasteiger partial charge in [-0.25, -0.2) is 4.98 Å². The SMILES string of the molecule is O=c1ccc2ccc(CNc3ccc(O)cc3)nc2[nH]1. The van der Waals surface area contributed by atoms with Crippen LogP contribution in [0.4, 0.5) is 5.69 Å². The van der Waals surface area contributed by atoms with Gasteiger partial charge in [0.15, 0.2) is 0 Å². The van der Waals surface area contributed by atoms with E-state index in [2.05, 4.69) is 15.3 Å². The Labute approximate surface area is 114 Å². The van der Waals surface area contributed by atoms with Gasteiger partial charge < -0.3 is 15.4 Å². The van der Waals surface area contributed by atoms with E-state index in [1.165, 1.54) is 6.07 Å². The Morgan fingerprint density at radius 1 is 1.05 bits per heavy atom. The molecule has 0 unspecified atom stereocenters. The minimum absolute atomic E-state index is 0.159. The number of phenols is 1. The summed E-state index contributed by atoms with van der Waals surface area (Å²) in [6, 6.07) is 13.9. The topological polar surface area (TPSA) is 78.0 Å². The van der Waals surface area contributed by atoms with Crippen molar-refractivity contribution in [3.63, 3.8) is 0 Å². The van der Waals surface area contributed by atoms with Crippen molar-refractivity contribution in [3.05, 3.63) is 64.6 Å². The first-order valence-electron chi connectivity index (χ1n) is 6.22. The summed E-state index contributed by atoms with van der Waals surface area (Å²) in [5.74, 6) is 0.233. The summed E-state index contributed by atoms with van der Waals surface area (Å²) in [4.78, 5) is 18.4. The molecule has 0 aliphatic carbocycles. The average molecular weight is 267 g/mol. The average Bonchev–Trinajstić information content (AvgIpc) is 2.46. The Balaban J connectivity index is 1.80. The second-order valence-electron chi connectivity index (χ2n) is 4.46. The van der Waals surface area contributed by atoms with Crippen LogP contribution in [0, 0.1) is 0 Å². The third-order valence-electron chi connectivity index (χ3n) is 2.98. The normalized spacial score (nSPS) is 10.6. The quantitative estimate of drug-likeness (QED) is 0.636. The lowest BCUT2D eigenvalue weighted by molar-refractivity contribution is 0.475. The summed E-state index contributed by atoms with van der Waals surface area (Å²) >= 11 is 0. The molecule has 0 aliphatic rings. The van der Waals surface area contributed by atoms with Gasteiger partial charge in [-0.05, 0) is 42.5 Å². The molecule has 20 heavy (non-hydrogen) atoms. The van der Waals surface area contributed by atoms with Gasteiger partial charge in [0.25, 0.3) is 0 Å². The van der Waals surface area contributed by atoms with Gasteiger partial charge in [0.1, 0.15) is 11.4 Å². The van der Waals surface area contributed by atoms with Crippen LogP contribution in [0.2, 0.25) is 0 Å². The van der Waals surface area contributed by atoms with Crippen molar-refractivity contribution < 1.29 is 5.11 Å². The second-order valence-corrected chi connectivity index (χ2v) is 4.46. The molecule has 0 fully saturated rings. The second kappa shape index (κ2) is 5.05. The van der Waals surface area contributed by atoms with E-state index in [0.717, 1.165) is 16.8 Å². The molecular weight excluding hydrogens is 254 g/mol. The van der Waals surface area contributed by atoms with Crippen molar-refractivity contribution in [2.45, 2.75) is 6.54 Å². The van der Waals surface area contributed by atoms with Crippen LogP contribution in [0.5, 0.6) is 5.75 Å². The van der Waals surface area contributed by atoms with Crippen molar-refractivity contribution >= 4 is 16.7 Å². The summed E-state index contributed by atoms with van der Waals surface area (Å²) in [7, 11) is 0. The molecule has 2 heterocycles. The first-order chi connectivity index (χ1) is 9.70. The Kier molecular flexibility index (Phi) is 3.09. The molecule has 0 saturated heterocycles. The van der Waals surface area contributed by atoms with Crippen LogP contribution in [0.3, 0.4) is 0 Å². The fourth-order valence-corrected chi connectivity index (χ4v) is 1.94. The van der Waals surface area contributed by atoms with E-state index in [1.54, 1.807) is 30.3 Å². The number of rotatable bonds is 3. The molecular formula is C15H13N3O2. The number of benzene rings is 1. The maximum Gasteiger partial charge on any atom is 0.249 e. The molecule has 2 aromatic heterocycles. The lowest BCUT2D eigenvalue weighted by Gasteiger charge is -2.06. The van der Waals surface area contributed by atoms with Crippen LogP contribution < -0.4 is 10.9 Å². The first kappa shape index (κ1) is 12.2. The molecule has 5 nitrogen and oxygen atoms in total. The molecule has 3 N–H and O–H groups in total. The zero-order valence-electron chi connectivity index (χ0n) is 10.6. The van der Waals surface area contributed by atoms with Crippen molar-refractivity contribution in [1.82, 2.24) is 9.97 Å². The highest BCUT2D eigenvalue weighted by Gasteiger charge is 2.00. The van der Waals surface area contributed by atoms with E-state index < -0.39 is 0 Å². The maximum absolute atomic E-state index is 11.3. The number of phenolic OH excluding ortho intramolecular Hbond substituents is 1. The lowest BCUT2D eigenvalue weighted by Crippen LogP contribution is -2.06.